The quantitative estimate of drug-likeness (QED) is 0.0642. The van der Waals surface area contributed by atoms with Crippen molar-refractivity contribution < 1.29 is 24.2 Å². The Balaban J connectivity index is 1.20. The summed E-state index contributed by atoms with van der Waals surface area (Å²) in [7, 11) is 0. The Bertz CT molecular complexity index is 1050. The number of aliphatic hydroxyl groups is 1. The number of esters is 2. The molecule has 1 aliphatic rings. The lowest BCUT2D eigenvalue weighted by atomic mass is 10.1. The minimum absolute atomic E-state index is 0.0820. The van der Waals surface area contributed by atoms with Gasteiger partial charge in [0.2, 0.25) is 0 Å². The summed E-state index contributed by atoms with van der Waals surface area (Å²) in [6.45, 7) is 6.18. The summed E-state index contributed by atoms with van der Waals surface area (Å²) >= 11 is 0. The van der Waals surface area contributed by atoms with E-state index in [1.54, 1.807) is 0 Å². The number of carbonyl (C=O) groups excluding carboxylic acids is 2. The molecule has 1 N–H and O–H groups in total. The van der Waals surface area contributed by atoms with Crippen molar-refractivity contribution in [1.29, 1.82) is 0 Å². The van der Waals surface area contributed by atoms with Crippen LogP contribution in [0.2, 0.25) is 0 Å². The number of benzene rings is 2. The van der Waals surface area contributed by atoms with Crippen LogP contribution in [0.4, 0.5) is 0 Å². The maximum absolute atomic E-state index is 12.2. The average molecular weight is 707 g/mol. The van der Waals surface area contributed by atoms with E-state index >= 15 is 0 Å². The Hall–Kier alpha value is -2.74. The van der Waals surface area contributed by atoms with E-state index in [9.17, 15) is 14.7 Å². The largest absolute Gasteiger partial charge is 0.466 e. The highest BCUT2D eigenvalue weighted by atomic mass is 16.5. The monoisotopic (exact) mass is 707 g/mol. The summed E-state index contributed by atoms with van der Waals surface area (Å²) in [6, 6.07) is 21.3. The molecule has 0 aromatic heterocycles. The molecule has 2 aromatic rings. The van der Waals surface area contributed by atoms with Gasteiger partial charge in [-0.2, -0.15) is 0 Å². The van der Waals surface area contributed by atoms with Gasteiger partial charge in [0.25, 0.3) is 0 Å². The third-order valence-corrected chi connectivity index (χ3v) is 10.0. The fourth-order valence-corrected chi connectivity index (χ4v) is 7.03. The number of piperidine rings is 1. The lowest BCUT2D eigenvalue weighted by Gasteiger charge is -2.31. The molecular formula is C44H70N2O5. The normalized spacial score (nSPS) is 14.1. The van der Waals surface area contributed by atoms with Crippen molar-refractivity contribution in [2.24, 2.45) is 0 Å². The molecule has 51 heavy (non-hydrogen) atoms. The summed E-state index contributed by atoms with van der Waals surface area (Å²) in [6.07, 6.45) is 21.2. The van der Waals surface area contributed by atoms with Gasteiger partial charge < -0.3 is 24.4 Å². The van der Waals surface area contributed by atoms with Crippen molar-refractivity contribution in [1.82, 2.24) is 9.80 Å². The fraction of sp³-hybridized carbons (Fsp3) is 0.682. The molecule has 286 valence electrons. The summed E-state index contributed by atoms with van der Waals surface area (Å²) in [4.78, 5) is 29.2. The lowest BCUT2D eigenvalue weighted by molar-refractivity contribution is -0.144. The minimum atomic E-state index is -0.379. The molecule has 1 unspecified atom stereocenters. The molecule has 0 bridgehead atoms. The number of β-amino-alcohol motifs (C(OH)–C–C–N with tert-alkyl or cyclic N) is 1. The number of rotatable bonds is 30. The Labute approximate surface area is 310 Å². The zero-order valence-corrected chi connectivity index (χ0v) is 31.8. The lowest BCUT2D eigenvalue weighted by Crippen LogP contribution is -2.42. The highest BCUT2D eigenvalue weighted by molar-refractivity contribution is 5.69. The van der Waals surface area contributed by atoms with Crippen LogP contribution in [0.25, 0.3) is 0 Å². The van der Waals surface area contributed by atoms with E-state index in [1.165, 1.54) is 56.1 Å². The first kappa shape index (κ1) is 42.7. The molecule has 1 fully saturated rings. The van der Waals surface area contributed by atoms with Gasteiger partial charge in [0.05, 0.1) is 19.3 Å². The topological polar surface area (TPSA) is 79.3 Å². The van der Waals surface area contributed by atoms with Crippen molar-refractivity contribution in [2.75, 3.05) is 52.5 Å². The summed E-state index contributed by atoms with van der Waals surface area (Å²) < 4.78 is 11.1. The number of likely N-dealkylation sites (tertiary alicyclic amines) is 1. The fourth-order valence-electron chi connectivity index (χ4n) is 7.03. The molecule has 1 heterocycles. The van der Waals surface area contributed by atoms with Gasteiger partial charge in [-0.25, -0.2) is 0 Å². The van der Waals surface area contributed by atoms with Crippen molar-refractivity contribution in [3.8, 4) is 0 Å². The van der Waals surface area contributed by atoms with Crippen LogP contribution in [-0.2, 0) is 31.9 Å². The highest BCUT2D eigenvalue weighted by Crippen LogP contribution is 2.13. The number of unbranched alkanes of at least 4 members (excludes halogenated alkanes) is 10. The van der Waals surface area contributed by atoms with Gasteiger partial charge in [-0.15, -0.1) is 0 Å². The maximum Gasteiger partial charge on any atom is 0.305 e. The predicted octanol–water partition coefficient (Wildman–Crippen LogP) is 8.95. The van der Waals surface area contributed by atoms with Crippen LogP contribution in [0.15, 0.2) is 60.7 Å². The third-order valence-electron chi connectivity index (χ3n) is 10.0. The molecule has 2 aromatic carbocycles. The molecule has 1 aliphatic heterocycles. The van der Waals surface area contributed by atoms with Crippen LogP contribution in [0, 0.1) is 0 Å². The molecule has 0 spiro atoms. The van der Waals surface area contributed by atoms with E-state index in [0.29, 0.717) is 32.6 Å². The van der Waals surface area contributed by atoms with Gasteiger partial charge in [-0.1, -0.05) is 106 Å². The first-order chi connectivity index (χ1) is 25.1. The Morgan fingerprint density at radius 3 is 1.53 bits per heavy atom. The second kappa shape index (κ2) is 28.8. The predicted molar refractivity (Wildman–Crippen MR) is 209 cm³/mol. The van der Waals surface area contributed by atoms with E-state index in [0.717, 1.165) is 110 Å². The van der Waals surface area contributed by atoms with Crippen LogP contribution in [0.1, 0.15) is 133 Å². The van der Waals surface area contributed by atoms with Gasteiger partial charge in [0.15, 0.2) is 0 Å². The molecule has 0 amide bonds. The average Bonchev–Trinajstić information content (AvgIpc) is 3.14. The number of ether oxygens (including phenoxy) is 2. The number of hydrogen-bond donors (Lipinski definition) is 1. The van der Waals surface area contributed by atoms with Gasteiger partial charge in [0.1, 0.15) is 0 Å². The second-order valence-corrected chi connectivity index (χ2v) is 14.7. The summed E-state index contributed by atoms with van der Waals surface area (Å²) in [5.41, 5.74) is 2.80. The Morgan fingerprint density at radius 1 is 0.588 bits per heavy atom. The van der Waals surface area contributed by atoms with Crippen LogP contribution < -0.4 is 0 Å². The summed E-state index contributed by atoms with van der Waals surface area (Å²) in [5, 5.41) is 10.9. The van der Waals surface area contributed by atoms with Gasteiger partial charge >= 0.3 is 11.9 Å². The van der Waals surface area contributed by atoms with Crippen molar-refractivity contribution >= 4 is 11.9 Å². The summed E-state index contributed by atoms with van der Waals surface area (Å²) in [5.74, 6) is -0.164. The third kappa shape index (κ3) is 22.7. The number of aryl methyl sites for hydroxylation is 2. The Kier molecular flexibility index (Phi) is 24.1. The molecule has 0 radical (unpaired) electrons. The molecular weight excluding hydrogens is 636 g/mol. The number of carbonyl (C=O) groups is 2. The first-order valence-electron chi connectivity index (χ1n) is 20.6. The number of aliphatic hydroxyl groups excluding tert-OH is 1. The van der Waals surface area contributed by atoms with Crippen molar-refractivity contribution in [3.05, 3.63) is 71.8 Å². The maximum atomic E-state index is 12.2. The van der Waals surface area contributed by atoms with Gasteiger partial charge in [0, 0.05) is 25.9 Å². The van der Waals surface area contributed by atoms with E-state index in [4.69, 9.17) is 9.47 Å². The molecule has 0 aliphatic carbocycles. The first-order valence-corrected chi connectivity index (χ1v) is 20.6. The molecule has 7 nitrogen and oxygen atoms in total. The second-order valence-electron chi connectivity index (χ2n) is 14.7. The van der Waals surface area contributed by atoms with Gasteiger partial charge in [-0.3, -0.25) is 9.59 Å². The molecule has 1 atom stereocenters. The zero-order chi connectivity index (χ0) is 36.0. The van der Waals surface area contributed by atoms with E-state index in [1.807, 2.05) is 0 Å². The smallest absolute Gasteiger partial charge is 0.305 e. The van der Waals surface area contributed by atoms with Crippen molar-refractivity contribution in [2.45, 2.75) is 141 Å². The van der Waals surface area contributed by atoms with E-state index < -0.39 is 0 Å². The van der Waals surface area contributed by atoms with Crippen LogP contribution in [0.5, 0.6) is 0 Å². The van der Waals surface area contributed by atoms with E-state index in [2.05, 4.69) is 70.5 Å². The van der Waals surface area contributed by atoms with Crippen molar-refractivity contribution in [3.63, 3.8) is 0 Å². The SMILES string of the molecule is O=C(CCCCCCCc1ccccc1)OCCCCN(CCCCOC(=O)CCCCCCCc1ccccc1)CC(O)CN1CCCCC1. The minimum Gasteiger partial charge on any atom is -0.466 e. The van der Waals surface area contributed by atoms with Crippen LogP contribution in [0.3, 0.4) is 0 Å². The van der Waals surface area contributed by atoms with Crippen LogP contribution in [-0.4, -0.2) is 85.4 Å². The molecule has 3 rings (SSSR count). The molecule has 7 heteroatoms. The highest BCUT2D eigenvalue weighted by Gasteiger charge is 2.17. The molecule has 1 saturated heterocycles. The number of nitrogens with zero attached hydrogens (tertiary/aromatic N) is 2. The van der Waals surface area contributed by atoms with E-state index in [-0.39, 0.29) is 18.0 Å². The Morgan fingerprint density at radius 2 is 1.04 bits per heavy atom. The standard InChI is InChI=1S/C44H70N2O5/c47-42(38-45-32-18-9-19-33-45)39-46(34-20-22-36-50-43(48)30-16-5-1-3-10-24-40-26-12-7-13-27-40)35-21-23-37-51-44(49)31-17-6-2-4-11-25-41-28-14-8-15-29-41/h7-8,12-15,26-29,42,47H,1-6,9-11,16-25,30-39H2. The number of hydrogen-bond acceptors (Lipinski definition) is 7. The van der Waals surface area contributed by atoms with Gasteiger partial charge in [-0.05, 0) is 114 Å². The van der Waals surface area contributed by atoms with Crippen LogP contribution >= 0.6 is 0 Å². The molecule has 0 saturated carbocycles. The zero-order valence-electron chi connectivity index (χ0n) is 31.8.